The van der Waals surface area contributed by atoms with Crippen LogP contribution in [0.4, 0.5) is 0 Å². The Labute approximate surface area is 122 Å². The second kappa shape index (κ2) is 5.10. The van der Waals surface area contributed by atoms with Gasteiger partial charge in [-0.2, -0.15) is 0 Å². The molecule has 2 heteroatoms. The minimum Gasteiger partial charge on any atom is -0.305 e. The topological polar surface area (TPSA) is 12.0 Å². The molecule has 0 amide bonds. The molecule has 0 aliphatic heterocycles. The average Bonchev–Trinajstić information content (AvgIpc) is 2.56. The largest absolute Gasteiger partial charge is 0.305 e. The molecule has 1 nitrogen and oxygen atoms in total. The van der Waals surface area contributed by atoms with E-state index in [0.29, 0.717) is 11.5 Å². The number of halogens is 1. The average molecular weight is 280 g/mol. The van der Waals surface area contributed by atoms with Crippen LogP contribution in [0.25, 0.3) is 0 Å². The zero-order chi connectivity index (χ0) is 14.3. The molecule has 0 saturated heterocycles. The van der Waals surface area contributed by atoms with Crippen molar-refractivity contribution in [2.45, 2.75) is 65.5 Å². The first-order chi connectivity index (χ1) is 8.66. The molecule has 0 bridgehead atoms. The van der Waals surface area contributed by atoms with Gasteiger partial charge < -0.3 is 5.32 Å². The van der Waals surface area contributed by atoms with E-state index in [9.17, 15) is 0 Å². The minimum atomic E-state index is 0.157. The SMILES string of the molecule is CC(C)(C)CC(C)(C)NC1CCc2cc(Cl)ccc21. The molecule has 0 saturated carbocycles. The molecule has 2 rings (SSSR count). The number of benzene rings is 1. The van der Waals surface area contributed by atoms with Crippen molar-refractivity contribution in [3.63, 3.8) is 0 Å². The van der Waals surface area contributed by atoms with Crippen molar-refractivity contribution in [1.29, 1.82) is 0 Å². The van der Waals surface area contributed by atoms with Crippen molar-refractivity contribution in [3.8, 4) is 0 Å². The summed E-state index contributed by atoms with van der Waals surface area (Å²) in [6.45, 7) is 11.5. The van der Waals surface area contributed by atoms with Crippen LogP contribution in [0, 0.1) is 5.41 Å². The third-order valence-electron chi connectivity index (χ3n) is 3.72. The molecule has 1 aromatic rings. The number of aryl methyl sites for hydroxylation is 1. The first-order valence-electron chi connectivity index (χ1n) is 7.22. The van der Waals surface area contributed by atoms with Gasteiger partial charge in [0.25, 0.3) is 0 Å². The highest BCUT2D eigenvalue weighted by molar-refractivity contribution is 6.30. The summed E-state index contributed by atoms with van der Waals surface area (Å²) in [5.41, 5.74) is 3.35. The summed E-state index contributed by atoms with van der Waals surface area (Å²) in [4.78, 5) is 0. The highest BCUT2D eigenvalue weighted by Crippen LogP contribution is 2.36. The molecule has 0 fully saturated rings. The first-order valence-corrected chi connectivity index (χ1v) is 7.60. The van der Waals surface area contributed by atoms with Gasteiger partial charge >= 0.3 is 0 Å². The minimum absolute atomic E-state index is 0.157. The zero-order valence-electron chi connectivity index (χ0n) is 12.8. The van der Waals surface area contributed by atoms with Crippen LogP contribution >= 0.6 is 11.6 Å². The molecule has 1 aliphatic rings. The van der Waals surface area contributed by atoms with E-state index in [-0.39, 0.29) is 5.54 Å². The van der Waals surface area contributed by atoms with E-state index in [2.05, 4.69) is 52.1 Å². The van der Waals surface area contributed by atoms with Crippen LogP contribution in [-0.2, 0) is 6.42 Å². The fourth-order valence-corrected chi connectivity index (χ4v) is 3.78. The first kappa shape index (κ1) is 14.9. The molecular formula is C17H26ClN. The predicted molar refractivity (Wildman–Crippen MR) is 83.8 cm³/mol. The zero-order valence-corrected chi connectivity index (χ0v) is 13.6. The summed E-state index contributed by atoms with van der Waals surface area (Å²) < 4.78 is 0. The van der Waals surface area contributed by atoms with E-state index in [4.69, 9.17) is 11.6 Å². The number of rotatable bonds is 3. The van der Waals surface area contributed by atoms with Gasteiger partial charge in [0.2, 0.25) is 0 Å². The van der Waals surface area contributed by atoms with Crippen LogP contribution in [0.3, 0.4) is 0 Å². The Kier molecular flexibility index (Phi) is 3.99. The van der Waals surface area contributed by atoms with Crippen LogP contribution in [-0.4, -0.2) is 5.54 Å². The van der Waals surface area contributed by atoms with Gasteiger partial charge in [-0.05, 0) is 61.8 Å². The maximum absolute atomic E-state index is 6.07. The van der Waals surface area contributed by atoms with Gasteiger partial charge in [-0.25, -0.2) is 0 Å². The lowest BCUT2D eigenvalue weighted by Crippen LogP contribution is -2.43. The second-order valence-corrected chi connectivity index (χ2v) is 8.14. The maximum Gasteiger partial charge on any atom is 0.0408 e. The van der Waals surface area contributed by atoms with Crippen LogP contribution in [0.2, 0.25) is 5.02 Å². The molecule has 1 unspecified atom stereocenters. The van der Waals surface area contributed by atoms with Gasteiger partial charge in [-0.15, -0.1) is 0 Å². The fraction of sp³-hybridized carbons (Fsp3) is 0.647. The standard InChI is InChI=1S/C17H26ClN/c1-16(2,3)11-17(4,5)19-15-9-6-12-10-13(18)7-8-14(12)15/h7-8,10,15,19H,6,9,11H2,1-5H3. The van der Waals surface area contributed by atoms with Gasteiger partial charge in [0.15, 0.2) is 0 Å². The van der Waals surface area contributed by atoms with Gasteiger partial charge in [0, 0.05) is 16.6 Å². The Morgan fingerprint density at radius 3 is 2.53 bits per heavy atom. The van der Waals surface area contributed by atoms with Gasteiger partial charge in [0.1, 0.15) is 0 Å². The third kappa shape index (κ3) is 3.97. The summed E-state index contributed by atoms with van der Waals surface area (Å²) in [5, 5.41) is 4.70. The number of fused-ring (bicyclic) bond motifs is 1. The van der Waals surface area contributed by atoms with Gasteiger partial charge in [0.05, 0.1) is 0 Å². The van der Waals surface area contributed by atoms with Crippen LogP contribution in [0.1, 0.15) is 64.6 Å². The van der Waals surface area contributed by atoms with E-state index < -0.39 is 0 Å². The quantitative estimate of drug-likeness (QED) is 0.809. The second-order valence-electron chi connectivity index (χ2n) is 7.70. The Bertz CT molecular complexity index is 457. The highest BCUT2D eigenvalue weighted by atomic mass is 35.5. The molecule has 0 radical (unpaired) electrons. The van der Waals surface area contributed by atoms with E-state index >= 15 is 0 Å². The molecule has 0 spiro atoms. The Balaban J connectivity index is 2.10. The van der Waals surface area contributed by atoms with Crippen molar-refractivity contribution < 1.29 is 0 Å². The molecule has 19 heavy (non-hydrogen) atoms. The summed E-state index contributed by atoms with van der Waals surface area (Å²) in [6.07, 6.45) is 3.49. The fourth-order valence-electron chi connectivity index (χ4n) is 3.58. The lowest BCUT2D eigenvalue weighted by Gasteiger charge is -2.36. The van der Waals surface area contributed by atoms with Crippen molar-refractivity contribution in [2.24, 2.45) is 5.41 Å². The number of hydrogen-bond donors (Lipinski definition) is 1. The van der Waals surface area contributed by atoms with Crippen molar-refractivity contribution in [1.82, 2.24) is 5.32 Å². The van der Waals surface area contributed by atoms with Crippen LogP contribution < -0.4 is 5.32 Å². The van der Waals surface area contributed by atoms with E-state index in [0.717, 1.165) is 11.4 Å². The Morgan fingerprint density at radius 2 is 1.89 bits per heavy atom. The van der Waals surface area contributed by atoms with E-state index in [1.807, 2.05) is 6.07 Å². The molecule has 1 N–H and O–H groups in total. The third-order valence-corrected chi connectivity index (χ3v) is 3.96. The molecule has 1 atom stereocenters. The summed E-state index contributed by atoms with van der Waals surface area (Å²) >= 11 is 6.07. The number of hydrogen-bond acceptors (Lipinski definition) is 1. The smallest absolute Gasteiger partial charge is 0.0408 e. The van der Waals surface area contributed by atoms with E-state index in [1.54, 1.807) is 0 Å². The normalized spacial score (nSPS) is 19.6. The lowest BCUT2D eigenvalue weighted by atomic mass is 9.81. The Hall–Kier alpha value is -0.530. The monoisotopic (exact) mass is 279 g/mol. The summed E-state index contributed by atoms with van der Waals surface area (Å²) in [6, 6.07) is 6.80. The van der Waals surface area contributed by atoms with E-state index in [1.165, 1.54) is 24.0 Å². The van der Waals surface area contributed by atoms with Crippen LogP contribution in [0.15, 0.2) is 18.2 Å². The van der Waals surface area contributed by atoms with Crippen LogP contribution in [0.5, 0.6) is 0 Å². The van der Waals surface area contributed by atoms with Crippen molar-refractivity contribution in [2.75, 3.05) is 0 Å². The number of nitrogens with one attached hydrogen (secondary N) is 1. The van der Waals surface area contributed by atoms with Gasteiger partial charge in [-0.3, -0.25) is 0 Å². The molecular weight excluding hydrogens is 254 g/mol. The lowest BCUT2D eigenvalue weighted by molar-refractivity contribution is 0.222. The summed E-state index contributed by atoms with van der Waals surface area (Å²) in [7, 11) is 0. The van der Waals surface area contributed by atoms with Crippen molar-refractivity contribution in [3.05, 3.63) is 34.3 Å². The molecule has 0 aromatic heterocycles. The summed E-state index contributed by atoms with van der Waals surface area (Å²) in [5.74, 6) is 0. The molecule has 1 aliphatic carbocycles. The predicted octanol–water partition coefficient (Wildman–Crippen LogP) is 5.13. The highest BCUT2D eigenvalue weighted by Gasteiger charge is 2.31. The van der Waals surface area contributed by atoms with Gasteiger partial charge in [-0.1, -0.05) is 38.4 Å². The molecule has 0 heterocycles. The molecule has 1 aromatic carbocycles. The van der Waals surface area contributed by atoms with Crippen molar-refractivity contribution >= 4 is 11.6 Å². The molecule has 106 valence electrons. The maximum atomic E-state index is 6.07. The Morgan fingerprint density at radius 1 is 1.21 bits per heavy atom.